The number of ether oxygens (including phenoxy) is 1. The highest BCUT2D eigenvalue weighted by Crippen LogP contribution is 2.13. The third kappa shape index (κ3) is 7.34. The number of hydrogen-bond donors (Lipinski definition) is 2. The Morgan fingerprint density at radius 2 is 1.95 bits per heavy atom. The molecule has 0 spiro atoms. The lowest BCUT2D eigenvalue weighted by Crippen LogP contribution is -2.24. The second-order valence-corrected chi connectivity index (χ2v) is 4.77. The van der Waals surface area contributed by atoms with Crippen LogP contribution < -0.4 is 10.1 Å². The minimum Gasteiger partial charge on any atom is -0.494 e. The molecule has 0 saturated carbocycles. The number of nitrogens with one attached hydrogen (secondary N) is 1. The van der Waals surface area contributed by atoms with Crippen LogP contribution in [0.25, 0.3) is 0 Å². The lowest BCUT2D eigenvalue weighted by Gasteiger charge is -2.07. The molecule has 116 valence electrons. The van der Waals surface area contributed by atoms with E-state index in [4.69, 9.17) is 9.84 Å². The van der Waals surface area contributed by atoms with E-state index in [1.165, 1.54) is 0 Å². The molecule has 21 heavy (non-hydrogen) atoms. The molecular formula is C16H23NO4. The molecule has 1 amide bonds. The molecule has 0 saturated heterocycles. The van der Waals surface area contributed by atoms with Crippen LogP contribution in [0.1, 0.15) is 49.4 Å². The average Bonchev–Trinajstić information content (AvgIpc) is 2.46. The molecule has 0 aliphatic carbocycles. The minimum absolute atomic E-state index is 0.109. The standard InChI is InChI=1S/C16H23NO4/c1-2-21-14-9-7-8-13(12-14)16(20)17-11-6-4-3-5-10-15(18)19/h7-9,12H,2-6,10-11H2,1H3,(H,17,20)(H,18,19). The van der Waals surface area contributed by atoms with Crippen molar-refractivity contribution in [2.75, 3.05) is 13.2 Å². The molecule has 0 heterocycles. The topological polar surface area (TPSA) is 75.6 Å². The quantitative estimate of drug-likeness (QED) is 0.650. The number of benzene rings is 1. The SMILES string of the molecule is CCOc1cccc(C(=O)NCCCCCCC(=O)O)c1. The van der Waals surface area contributed by atoms with Crippen molar-refractivity contribution < 1.29 is 19.4 Å². The zero-order valence-corrected chi connectivity index (χ0v) is 12.4. The fourth-order valence-corrected chi connectivity index (χ4v) is 1.95. The van der Waals surface area contributed by atoms with Crippen LogP contribution in [-0.4, -0.2) is 30.1 Å². The van der Waals surface area contributed by atoms with Crippen molar-refractivity contribution in [3.63, 3.8) is 0 Å². The van der Waals surface area contributed by atoms with Crippen LogP contribution in [-0.2, 0) is 4.79 Å². The fourth-order valence-electron chi connectivity index (χ4n) is 1.95. The van der Waals surface area contributed by atoms with E-state index < -0.39 is 5.97 Å². The molecule has 5 nitrogen and oxygen atoms in total. The van der Waals surface area contributed by atoms with Gasteiger partial charge in [0.1, 0.15) is 5.75 Å². The highest BCUT2D eigenvalue weighted by atomic mass is 16.5. The maximum Gasteiger partial charge on any atom is 0.303 e. The Hall–Kier alpha value is -2.04. The highest BCUT2D eigenvalue weighted by Gasteiger charge is 2.05. The lowest BCUT2D eigenvalue weighted by atomic mass is 10.1. The summed E-state index contributed by atoms with van der Waals surface area (Å²) in [4.78, 5) is 22.3. The van der Waals surface area contributed by atoms with Crippen LogP contribution in [0.2, 0.25) is 0 Å². The van der Waals surface area contributed by atoms with E-state index in [-0.39, 0.29) is 12.3 Å². The van der Waals surface area contributed by atoms with Crippen molar-refractivity contribution >= 4 is 11.9 Å². The first-order chi connectivity index (χ1) is 10.1. The zero-order chi connectivity index (χ0) is 15.5. The first-order valence-electron chi connectivity index (χ1n) is 7.36. The normalized spacial score (nSPS) is 10.1. The number of rotatable bonds is 10. The van der Waals surface area contributed by atoms with Gasteiger partial charge in [0.15, 0.2) is 0 Å². The Kier molecular flexibility index (Phi) is 7.94. The molecule has 0 radical (unpaired) electrons. The maximum absolute atomic E-state index is 11.9. The van der Waals surface area contributed by atoms with E-state index in [0.29, 0.717) is 30.9 Å². The van der Waals surface area contributed by atoms with Gasteiger partial charge < -0.3 is 15.2 Å². The summed E-state index contributed by atoms with van der Waals surface area (Å²) >= 11 is 0. The second kappa shape index (κ2) is 9.80. The number of carbonyl (C=O) groups is 2. The number of hydrogen-bond acceptors (Lipinski definition) is 3. The van der Waals surface area contributed by atoms with Gasteiger partial charge >= 0.3 is 5.97 Å². The minimum atomic E-state index is -0.752. The van der Waals surface area contributed by atoms with Crippen molar-refractivity contribution in [3.05, 3.63) is 29.8 Å². The summed E-state index contributed by atoms with van der Waals surface area (Å²) in [6.07, 6.45) is 3.57. The monoisotopic (exact) mass is 293 g/mol. The fraction of sp³-hybridized carbons (Fsp3) is 0.500. The number of amides is 1. The predicted molar refractivity (Wildman–Crippen MR) is 80.7 cm³/mol. The predicted octanol–water partition coefficient (Wildman–Crippen LogP) is 2.85. The van der Waals surface area contributed by atoms with Crippen molar-refractivity contribution in [2.24, 2.45) is 0 Å². The van der Waals surface area contributed by atoms with Crippen LogP contribution in [0, 0.1) is 0 Å². The molecule has 0 bridgehead atoms. The molecule has 5 heteroatoms. The van der Waals surface area contributed by atoms with E-state index >= 15 is 0 Å². The van der Waals surface area contributed by atoms with Crippen molar-refractivity contribution in [1.82, 2.24) is 5.32 Å². The molecule has 1 aromatic rings. The van der Waals surface area contributed by atoms with Crippen LogP contribution in [0.15, 0.2) is 24.3 Å². The molecule has 0 atom stereocenters. The Morgan fingerprint density at radius 1 is 1.19 bits per heavy atom. The van der Waals surface area contributed by atoms with Gasteiger partial charge in [-0.2, -0.15) is 0 Å². The maximum atomic E-state index is 11.9. The third-order valence-corrected chi connectivity index (χ3v) is 3.01. The summed E-state index contributed by atoms with van der Waals surface area (Å²) in [5, 5.41) is 11.4. The molecule has 1 rings (SSSR count). The summed E-state index contributed by atoms with van der Waals surface area (Å²) in [6.45, 7) is 3.07. The number of unbranched alkanes of at least 4 members (excludes halogenated alkanes) is 3. The summed E-state index contributed by atoms with van der Waals surface area (Å²) in [5.74, 6) is -0.168. The summed E-state index contributed by atoms with van der Waals surface area (Å²) < 4.78 is 5.36. The average molecular weight is 293 g/mol. The number of aliphatic carboxylic acids is 1. The molecule has 0 aliphatic heterocycles. The molecule has 0 unspecified atom stereocenters. The van der Waals surface area contributed by atoms with E-state index in [0.717, 1.165) is 19.3 Å². The van der Waals surface area contributed by atoms with Crippen molar-refractivity contribution in [3.8, 4) is 5.75 Å². The van der Waals surface area contributed by atoms with Gasteiger partial charge in [-0.05, 0) is 38.0 Å². The van der Waals surface area contributed by atoms with E-state index in [2.05, 4.69) is 5.32 Å². The molecule has 0 aliphatic rings. The van der Waals surface area contributed by atoms with Gasteiger partial charge in [-0.25, -0.2) is 0 Å². The Morgan fingerprint density at radius 3 is 2.67 bits per heavy atom. The van der Waals surface area contributed by atoms with Gasteiger partial charge in [-0.3, -0.25) is 9.59 Å². The zero-order valence-electron chi connectivity index (χ0n) is 12.4. The van der Waals surface area contributed by atoms with E-state index in [1.807, 2.05) is 13.0 Å². The van der Waals surface area contributed by atoms with Gasteiger partial charge in [0.2, 0.25) is 0 Å². The summed E-state index contributed by atoms with van der Waals surface area (Å²) in [5.41, 5.74) is 0.590. The Bertz CT molecular complexity index is 459. The Balaban J connectivity index is 2.21. The Labute approximate surface area is 125 Å². The van der Waals surface area contributed by atoms with Gasteiger partial charge in [-0.1, -0.05) is 18.9 Å². The highest BCUT2D eigenvalue weighted by molar-refractivity contribution is 5.94. The molecular weight excluding hydrogens is 270 g/mol. The van der Waals surface area contributed by atoms with Gasteiger partial charge in [0.25, 0.3) is 5.91 Å². The first-order valence-corrected chi connectivity index (χ1v) is 7.36. The van der Waals surface area contributed by atoms with Gasteiger partial charge in [0.05, 0.1) is 6.61 Å². The van der Waals surface area contributed by atoms with Crippen molar-refractivity contribution in [2.45, 2.75) is 39.0 Å². The summed E-state index contributed by atoms with van der Waals surface area (Å²) in [7, 11) is 0. The largest absolute Gasteiger partial charge is 0.494 e. The van der Waals surface area contributed by atoms with Crippen LogP contribution in [0.4, 0.5) is 0 Å². The number of carbonyl (C=O) groups excluding carboxylic acids is 1. The van der Waals surface area contributed by atoms with E-state index in [1.54, 1.807) is 18.2 Å². The van der Waals surface area contributed by atoms with Crippen molar-refractivity contribution in [1.29, 1.82) is 0 Å². The number of carboxylic acid groups (broad SMARTS) is 1. The molecule has 0 fully saturated rings. The third-order valence-electron chi connectivity index (χ3n) is 3.01. The van der Waals surface area contributed by atoms with Gasteiger partial charge in [-0.15, -0.1) is 0 Å². The summed E-state index contributed by atoms with van der Waals surface area (Å²) in [6, 6.07) is 7.10. The second-order valence-electron chi connectivity index (χ2n) is 4.77. The van der Waals surface area contributed by atoms with Crippen LogP contribution in [0.3, 0.4) is 0 Å². The number of carboxylic acids is 1. The van der Waals surface area contributed by atoms with Crippen LogP contribution in [0.5, 0.6) is 5.75 Å². The lowest BCUT2D eigenvalue weighted by molar-refractivity contribution is -0.137. The molecule has 1 aromatic carbocycles. The molecule has 0 aromatic heterocycles. The first kappa shape index (κ1) is 17.0. The smallest absolute Gasteiger partial charge is 0.303 e. The van der Waals surface area contributed by atoms with E-state index in [9.17, 15) is 9.59 Å². The van der Waals surface area contributed by atoms with Gasteiger partial charge in [0, 0.05) is 18.5 Å². The van der Waals surface area contributed by atoms with Crippen LogP contribution >= 0.6 is 0 Å². The molecule has 2 N–H and O–H groups in total.